The minimum Gasteiger partial charge on any atom is -0.341 e. The molecule has 1 saturated heterocycles. The summed E-state index contributed by atoms with van der Waals surface area (Å²) in [5.74, 6) is 0.426. The van der Waals surface area contributed by atoms with Gasteiger partial charge in [-0.1, -0.05) is 34.8 Å². The van der Waals surface area contributed by atoms with Gasteiger partial charge >= 0.3 is 0 Å². The molecule has 1 aromatic heterocycles. The minimum absolute atomic E-state index is 0.221. The number of nitrogens with one attached hydrogen (secondary N) is 1. The molecule has 0 aliphatic carbocycles. The molecule has 23 heavy (non-hydrogen) atoms. The number of benzene rings is 1. The number of halogens is 1. The first-order valence-electron chi connectivity index (χ1n) is 7.87. The molecule has 1 amide bonds. The van der Waals surface area contributed by atoms with Crippen LogP contribution in [-0.4, -0.2) is 29.0 Å². The lowest BCUT2D eigenvalue weighted by atomic mass is 10.2. The van der Waals surface area contributed by atoms with Crippen molar-refractivity contribution in [2.45, 2.75) is 25.7 Å². The third-order valence-electron chi connectivity index (χ3n) is 3.85. The molecule has 6 heteroatoms. The normalized spacial score (nSPS) is 15.1. The molecule has 1 aliphatic heterocycles. The molecule has 1 aromatic carbocycles. The fourth-order valence-electron chi connectivity index (χ4n) is 2.66. The van der Waals surface area contributed by atoms with Crippen LogP contribution < -0.4 is 10.2 Å². The zero-order valence-electron chi connectivity index (χ0n) is 12.8. The fraction of sp³-hybridized carbons (Fsp3) is 0.353. The van der Waals surface area contributed by atoms with E-state index in [1.807, 2.05) is 24.3 Å². The molecule has 2 aromatic rings. The van der Waals surface area contributed by atoms with Crippen molar-refractivity contribution >= 4 is 33.5 Å². The summed E-state index contributed by atoms with van der Waals surface area (Å²) in [6.07, 6.45) is 6.46. The summed E-state index contributed by atoms with van der Waals surface area (Å²) in [6.45, 7) is 1.91. The zero-order chi connectivity index (χ0) is 16.1. The quantitative estimate of drug-likeness (QED) is 0.885. The van der Waals surface area contributed by atoms with E-state index in [9.17, 15) is 4.79 Å². The first kappa shape index (κ1) is 15.9. The topological polar surface area (TPSA) is 58.1 Å². The molecule has 1 N–H and O–H groups in total. The number of nitrogens with zero attached hydrogens (tertiary/aromatic N) is 3. The fourth-order valence-corrected chi connectivity index (χ4v) is 3.06. The number of amides is 1. The predicted molar refractivity (Wildman–Crippen MR) is 94.8 cm³/mol. The van der Waals surface area contributed by atoms with Gasteiger partial charge < -0.3 is 10.2 Å². The highest BCUT2D eigenvalue weighted by Gasteiger charge is 2.15. The lowest BCUT2D eigenvalue weighted by molar-refractivity contribution is 0.102. The Morgan fingerprint density at radius 2 is 1.91 bits per heavy atom. The lowest BCUT2D eigenvalue weighted by Crippen LogP contribution is -2.27. The standard InChI is InChI=1S/C17H19BrN4O/c18-13-6-5-7-14(12-13)20-16(23)15-8-9-19-17(21-15)22-10-3-1-2-4-11-22/h5-9,12H,1-4,10-11H2,(H,20,23). The van der Waals surface area contributed by atoms with Gasteiger partial charge in [0, 0.05) is 29.4 Å². The van der Waals surface area contributed by atoms with E-state index in [1.165, 1.54) is 12.8 Å². The lowest BCUT2D eigenvalue weighted by Gasteiger charge is -2.20. The van der Waals surface area contributed by atoms with Gasteiger partial charge in [-0.2, -0.15) is 0 Å². The molecule has 5 nitrogen and oxygen atoms in total. The third kappa shape index (κ3) is 4.28. The zero-order valence-corrected chi connectivity index (χ0v) is 14.4. The maximum Gasteiger partial charge on any atom is 0.274 e. The number of aromatic nitrogens is 2. The highest BCUT2D eigenvalue weighted by atomic mass is 79.9. The van der Waals surface area contributed by atoms with Crippen molar-refractivity contribution < 1.29 is 4.79 Å². The van der Waals surface area contributed by atoms with Crippen molar-refractivity contribution in [2.24, 2.45) is 0 Å². The van der Waals surface area contributed by atoms with E-state index < -0.39 is 0 Å². The Hall–Kier alpha value is -1.95. The summed E-state index contributed by atoms with van der Waals surface area (Å²) in [6, 6.07) is 9.14. The van der Waals surface area contributed by atoms with Crippen LogP contribution in [0.3, 0.4) is 0 Å². The second-order valence-corrected chi connectivity index (χ2v) is 6.52. The number of rotatable bonds is 3. The van der Waals surface area contributed by atoms with E-state index >= 15 is 0 Å². The maximum atomic E-state index is 12.4. The molecular weight excluding hydrogens is 356 g/mol. The number of carbonyl (C=O) groups is 1. The van der Waals surface area contributed by atoms with Crippen LogP contribution in [0.2, 0.25) is 0 Å². The molecule has 0 saturated carbocycles. The van der Waals surface area contributed by atoms with E-state index in [4.69, 9.17) is 0 Å². The largest absolute Gasteiger partial charge is 0.341 e. The molecule has 1 fully saturated rings. The summed E-state index contributed by atoms with van der Waals surface area (Å²) >= 11 is 3.40. The summed E-state index contributed by atoms with van der Waals surface area (Å²) in [5.41, 5.74) is 1.12. The van der Waals surface area contributed by atoms with E-state index in [-0.39, 0.29) is 5.91 Å². The van der Waals surface area contributed by atoms with Gasteiger partial charge in [0.15, 0.2) is 0 Å². The summed E-state index contributed by atoms with van der Waals surface area (Å²) < 4.78 is 0.920. The van der Waals surface area contributed by atoms with Crippen LogP contribution in [0.15, 0.2) is 41.0 Å². The van der Waals surface area contributed by atoms with Crippen LogP contribution in [0.1, 0.15) is 36.2 Å². The summed E-state index contributed by atoms with van der Waals surface area (Å²) in [7, 11) is 0. The van der Waals surface area contributed by atoms with E-state index in [1.54, 1.807) is 12.3 Å². The van der Waals surface area contributed by atoms with Gasteiger partial charge in [-0.3, -0.25) is 4.79 Å². The molecule has 120 valence electrons. The van der Waals surface area contributed by atoms with E-state index in [0.717, 1.165) is 36.1 Å². The Morgan fingerprint density at radius 3 is 2.65 bits per heavy atom. The highest BCUT2D eigenvalue weighted by Crippen LogP contribution is 2.18. The summed E-state index contributed by atoms with van der Waals surface area (Å²) in [5, 5.41) is 2.86. The van der Waals surface area contributed by atoms with Crippen molar-refractivity contribution in [3.63, 3.8) is 0 Å². The Balaban J connectivity index is 1.74. The smallest absolute Gasteiger partial charge is 0.274 e. The van der Waals surface area contributed by atoms with Gasteiger partial charge in [0.1, 0.15) is 5.69 Å². The maximum absolute atomic E-state index is 12.4. The number of carbonyl (C=O) groups excluding carboxylic acids is 1. The molecule has 1 aliphatic rings. The monoisotopic (exact) mass is 374 g/mol. The van der Waals surface area contributed by atoms with Gasteiger partial charge in [-0.25, -0.2) is 9.97 Å². The van der Waals surface area contributed by atoms with Crippen LogP contribution in [0.5, 0.6) is 0 Å². The van der Waals surface area contributed by atoms with Crippen LogP contribution in [0, 0.1) is 0 Å². The van der Waals surface area contributed by atoms with Crippen LogP contribution in [0.25, 0.3) is 0 Å². The number of hydrogen-bond donors (Lipinski definition) is 1. The van der Waals surface area contributed by atoms with Crippen molar-refractivity contribution in [3.8, 4) is 0 Å². The van der Waals surface area contributed by atoms with E-state index in [2.05, 4.69) is 36.1 Å². The van der Waals surface area contributed by atoms with Crippen molar-refractivity contribution in [1.82, 2.24) is 9.97 Å². The molecule has 3 rings (SSSR count). The van der Waals surface area contributed by atoms with E-state index in [0.29, 0.717) is 11.6 Å². The van der Waals surface area contributed by atoms with Crippen molar-refractivity contribution in [2.75, 3.05) is 23.3 Å². The van der Waals surface area contributed by atoms with Crippen molar-refractivity contribution in [3.05, 3.63) is 46.7 Å². The second kappa shape index (κ2) is 7.55. The van der Waals surface area contributed by atoms with Crippen LogP contribution in [0.4, 0.5) is 11.6 Å². The minimum atomic E-state index is -0.221. The molecule has 0 radical (unpaired) electrons. The first-order chi connectivity index (χ1) is 11.2. The molecule has 2 heterocycles. The van der Waals surface area contributed by atoms with Gasteiger partial charge in [-0.05, 0) is 37.1 Å². The molecule has 0 spiro atoms. The van der Waals surface area contributed by atoms with Crippen LogP contribution >= 0.6 is 15.9 Å². The second-order valence-electron chi connectivity index (χ2n) is 5.61. The van der Waals surface area contributed by atoms with Gasteiger partial charge in [0.2, 0.25) is 5.95 Å². The summed E-state index contributed by atoms with van der Waals surface area (Å²) in [4.78, 5) is 23.3. The molecule has 0 bridgehead atoms. The number of hydrogen-bond acceptors (Lipinski definition) is 4. The predicted octanol–water partition coefficient (Wildman–Crippen LogP) is 3.87. The SMILES string of the molecule is O=C(Nc1cccc(Br)c1)c1ccnc(N2CCCCCC2)n1. The van der Waals surface area contributed by atoms with Crippen LogP contribution in [-0.2, 0) is 0 Å². The third-order valence-corrected chi connectivity index (χ3v) is 4.34. The van der Waals surface area contributed by atoms with Crippen molar-refractivity contribution in [1.29, 1.82) is 0 Å². The highest BCUT2D eigenvalue weighted by molar-refractivity contribution is 9.10. The Labute approximate surface area is 144 Å². The molecule has 0 unspecified atom stereocenters. The Morgan fingerprint density at radius 1 is 1.13 bits per heavy atom. The van der Waals surface area contributed by atoms with Gasteiger partial charge in [-0.15, -0.1) is 0 Å². The Kier molecular flexibility index (Phi) is 5.23. The van der Waals surface area contributed by atoms with Gasteiger partial charge in [0.05, 0.1) is 0 Å². The average Bonchev–Trinajstić information content (AvgIpc) is 2.84. The Bertz CT molecular complexity index is 684. The average molecular weight is 375 g/mol. The number of anilines is 2. The first-order valence-corrected chi connectivity index (χ1v) is 8.66. The molecule has 0 atom stereocenters. The van der Waals surface area contributed by atoms with Gasteiger partial charge in [0.25, 0.3) is 5.91 Å². The molecular formula is C17H19BrN4O.